The molecule has 0 amide bonds. The van der Waals surface area contributed by atoms with E-state index in [1.165, 1.54) is 6.07 Å². The fourth-order valence-electron chi connectivity index (χ4n) is 1.37. The molecule has 0 saturated carbocycles. The highest BCUT2D eigenvalue weighted by atomic mass is 35.5. The fourth-order valence-corrected chi connectivity index (χ4v) is 1.53. The molecule has 0 aliphatic carbocycles. The predicted octanol–water partition coefficient (Wildman–Crippen LogP) is 3.85. The Morgan fingerprint density at radius 3 is 2.67 bits per heavy atom. The second-order valence-electron chi connectivity index (χ2n) is 3.32. The van der Waals surface area contributed by atoms with Crippen LogP contribution in [0.2, 0.25) is 5.02 Å². The highest BCUT2D eigenvalue weighted by molar-refractivity contribution is 6.30. The lowest BCUT2D eigenvalue weighted by Crippen LogP contribution is -1.86. The van der Waals surface area contributed by atoms with Gasteiger partial charge in [0, 0.05) is 16.8 Å². The van der Waals surface area contributed by atoms with Gasteiger partial charge in [-0.05, 0) is 42.8 Å². The van der Waals surface area contributed by atoms with Gasteiger partial charge in [-0.2, -0.15) is 0 Å². The maximum Gasteiger partial charge on any atom is 0.126 e. The Labute approximate surface area is 92.5 Å². The summed E-state index contributed by atoms with van der Waals surface area (Å²) in [5.74, 6) is -0.208. The van der Waals surface area contributed by atoms with Crippen molar-refractivity contribution in [2.75, 3.05) is 0 Å². The summed E-state index contributed by atoms with van der Waals surface area (Å²) in [6.45, 7) is 1.73. The molecule has 1 heterocycles. The van der Waals surface area contributed by atoms with Crippen molar-refractivity contribution in [3.63, 3.8) is 0 Å². The Balaban J connectivity index is 2.50. The molecule has 1 aromatic heterocycles. The van der Waals surface area contributed by atoms with E-state index in [4.69, 9.17) is 11.6 Å². The predicted molar refractivity (Wildman–Crippen MR) is 59.4 cm³/mol. The first-order valence-corrected chi connectivity index (χ1v) is 4.93. The SMILES string of the molecule is Cc1cc(-c2cc(Cl)ccn2)ccc1F. The first-order chi connectivity index (χ1) is 7.16. The van der Waals surface area contributed by atoms with Crippen LogP contribution in [-0.2, 0) is 0 Å². The van der Waals surface area contributed by atoms with Gasteiger partial charge in [0.05, 0.1) is 5.69 Å². The van der Waals surface area contributed by atoms with Crippen molar-refractivity contribution < 1.29 is 4.39 Å². The summed E-state index contributed by atoms with van der Waals surface area (Å²) in [6, 6.07) is 8.36. The van der Waals surface area contributed by atoms with Crippen LogP contribution in [0.3, 0.4) is 0 Å². The summed E-state index contributed by atoms with van der Waals surface area (Å²) >= 11 is 5.85. The number of benzene rings is 1. The summed E-state index contributed by atoms with van der Waals surface area (Å²) in [5.41, 5.74) is 2.23. The van der Waals surface area contributed by atoms with Gasteiger partial charge in [0.1, 0.15) is 5.82 Å². The van der Waals surface area contributed by atoms with Crippen molar-refractivity contribution in [2.45, 2.75) is 6.92 Å². The molecule has 0 unspecified atom stereocenters. The third-order valence-corrected chi connectivity index (χ3v) is 2.41. The summed E-state index contributed by atoms with van der Waals surface area (Å²) in [7, 11) is 0. The largest absolute Gasteiger partial charge is 0.256 e. The molecule has 0 radical (unpaired) electrons. The number of aryl methyl sites for hydroxylation is 1. The van der Waals surface area contributed by atoms with Gasteiger partial charge in [-0.3, -0.25) is 4.98 Å². The van der Waals surface area contributed by atoms with E-state index in [1.807, 2.05) is 0 Å². The average molecular weight is 222 g/mol. The topological polar surface area (TPSA) is 12.9 Å². The van der Waals surface area contributed by atoms with E-state index in [9.17, 15) is 4.39 Å². The lowest BCUT2D eigenvalue weighted by Gasteiger charge is -2.03. The van der Waals surface area contributed by atoms with Crippen molar-refractivity contribution in [1.29, 1.82) is 0 Å². The molecule has 2 aromatic rings. The van der Waals surface area contributed by atoms with Crippen LogP contribution in [0.1, 0.15) is 5.56 Å². The van der Waals surface area contributed by atoms with Crippen molar-refractivity contribution in [3.05, 3.63) is 52.9 Å². The first kappa shape index (κ1) is 10.1. The molecule has 0 spiro atoms. The molecule has 0 atom stereocenters. The molecule has 1 aromatic carbocycles. The molecule has 0 N–H and O–H groups in total. The zero-order valence-corrected chi connectivity index (χ0v) is 8.92. The molecule has 2 rings (SSSR count). The Bertz CT molecular complexity index is 497. The Hall–Kier alpha value is -1.41. The van der Waals surface area contributed by atoms with Crippen LogP contribution in [0.4, 0.5) is 4.39 Å². The summed E-state index contributed by atoms with van der Waals surface area (Å²) in [4.78, 5) is 4.17. The molecule has 0 bridgehead atoms. The van der Waals surface area contributed by atoms with E-state index < -0.39 is 0 Å². The molecule has 0 aliphatic heterocycles. The van der Waals surface area contributed by atoms with Gasteiger partial charge in [0.2, 0.25) is 0 Å². The third kappa shape index (κ3) is 2.16. The minimum absolute atomic E-state index is 0.208. The van der Waals surface area contributed by atoms with Crippen LogP contribution in [0.5, 0.6) is 0 Å². The zero-order valence-electron chi connectivity index (χ0n) is 8.17. The Morgan fingerprint density at radius 2 is 2.00 bits per heavy atom. The van der Waals surface area contributed by atoms with Crippen LogP contribution in [0.25, 0.3) is 11.3 Å². The lowest BCUT2D eigenvalue weighted by molar-refractivity contribution is 0.619. The van der Waals surface area contributed by atoms with Gasteiger partial charge in [-0.25, -0.2) is 4.39 Å². The van der Waals surface area contributed by atoms with Crippen LogP contribution < -0.4 is 0 Å². The van der Waals surface area contributed by atoms with Gasteiger partial charge < -0.3 is 0 Å². The summed E-state index contributed by atoms with van der Waals surface area (Å²) in [5, 5.41) is 0.627. The number of hydrogen-bond donors (Lipinski definition) is 0. The quantitative estimate of drug-likeness (QED) is 0.713. The minimum Gasteiger partial charge on any atom is -0.256 e. The number of aromatic nitrogens is 1. The number of rotatable bonds is 1. The smallest absolute Gasteiger partial charge is 0.126 e. The summed E-state index contributed by atoms with van der Waals surface area (Å²) < 4.78 is 13.0. The second-order valence-corrected chi connectivity index (χ2v) is 3.76. The van der Waals surface area contributed by atoms with E-state index in [0.29, 0.717) is 10.6 Å². The number of pyridine rings is 1. The molecule has 76 valence electrons. The molecule has 0 aliphatic rings. The number of halogens is 2. The molecule has 0 fully saturated rings. The fraction of sp³-hybridized carbons (Fsp3) is 0.0833. The zero-order chi connectivity index (χ0) is 10.8. The maximum absolute atomic E-state index is 13.0. The maximum atomic E-state index is 13.0. The molecule has 3 heteroatoms. The monoisotopic (exact) mass is 221 g/mol. The van der Waals surface area contributed by atoms with E-state index in [1.54, 1.807) is 37.4 Å². The highest BCUT2D eigenvalue weighted by Gasteiger charge is 2.02. The number of nitrogens with zero attached hydrogens (tertiary/aromatic N) is 1. The van der Waals surface area contributed by atoms with Crippen LogP contribution in [-0.4, -0.2) is 4.98 Å². The van der Waals surface area contributed by atoms with E-state index in [2.05, 4.69) is 4.98 Å². The number of hydrogen-bond acceptors (Lipinski definition) is 1. The first-order valence-electron chi connectivity index (χ1n) is 4.55. The van der Waals surface area contributed by atoms with Crippen molar-refractivity contribution >= 4 is 11.6 Å². The van der Waals surface area contributed by atoms with E-state index >= 15 is 0 Å². The Morgan fingerprint density at radius 1 is 1.20 bits per heavy atom. The third-order valence-electron chi connectivity index (χ3n) is 2.18. The Kier molecular flexibility index (Phi) is 2.69. The van der Waals surface area contributed by atoms with Gasteiger partial charge in [0.25, 0.3) is 0 Å². The average Bonchev–Trinajstić information content (AvgIpc) is 2.22. The molecule has 0 saturated heterocycles. The summed E-state index contributed by atoms with van der Waals surface area (Å²) in [6.07, 6.45) is 1.64. The lowest BCUT2D eigenvalue weighted by atomic mass is 10.1. The van der Waals surface area contributed by atoms with Crippen LogP contribution in [0.15, 0.2) is 36.5 Å². The van der Waals surface area contributed by atoms with Gasteiger partial charge >= 0.3 is 0 Å². The normalized spacial score (nSPS) is 10.3. The standard InChI is InChI=1S/C12H9ClFN/c1-8-6-9(2-3-11(8)14)12-7-10(13)4-5-15-12/h2-7H,1H3. The van der Waals surface area contributed by atoms with Crippen LogP contribution >= 0.6 is 11.6 Å². The van der Waals surface area contributed by atoms with E-state index in [0.717, 1.165) is 11.3 Å². The minimum atomic E-state index is -0.208. The van der Waals surface area contributed by atoms with Gasteiger partial charge in [-0.1, -0.05) is 11.6 Å². The van der Waals surface area contributed by atoms with Crippen molar-refractivity contribution in [1.82, 2.24) is 4.98 Å². The molecule has 1 nitrogen and oxygen atoms in total. The van der Waals surface area contributed by atoms with Gasteiger partial charge in [0.15, 0.2) is 0 Å². The highest BCUT2D eigenvalue weighted by Crippen LogP contribution is 2.22. The van der Waals surface area contributed by atoms with Crippen LogP contribution in [0, 0.1) is 12.7 Å². The molecular formula is C12H9ClFN. The van der Waals surface area contributed by atoms with Gasteiger partial charge in [-0.15, -0.1) is 0 Å². The van der Waals surface area contributed by atoms with Crippen molar-refractivity contribution in [2.24, 2.45) is 0 Å². The van der Waals surface area contributed by atoms with E-state index in [-0.39, 0.29) is 5.82 Å². The molecular weight excluding hydrogens is 213 g/mol. The molecule has 15 heavy (non-hydrogen) atoms. The second kappa shape index (κ2) is 3.99. The van der Waals surface area contributed by atoms with Crippen molar-refractivity contribution in [3.8, 4) is 11.3 Å².